The third-order valence-corrected chi connectivity index (χ3v) is 3.92. The highest BCUT2D eigenvalue weighted by atomic mass is 16.5. The number of hydrogen-bond donors (Lipinski definition) is 0. The molecule has 0 bridgehead atoms. The number of carbonyl (C=O) groups is 2. The molecule has 1 fully saturated rings. The summed E-state index contributed by atoms with van der Waals surface area (Å²) in [6, 6.07) is 0. The Bertz CT molecular complexity index is 343. The fraction of sp³-hybridized carbons (Fsp3) is 0.875. The van der Waals surface area contributed by atoms with Crippen LogP contribution in [-0.2, 0) is 19.1 Å². The lowest BCUT2D eigenvalue weighted by molar-refractivity contribution is -0.146. The van der Waals surface area contributed by atoms with Crippen molar-refractivity contribution in [1.82, 2.24) is 9.80 Å². The number of hydrogen-bond acceptors (Lipinski definition) is 5. The van der Waals surface area contributed by atoms with Crippen molar-refractivity contribution in [2.75, 3.05) is 53.0 Å². The maximum atomic E-state index is 12.2. The maximum absolute atomic E-state index is 12.2. The minimum atomic E-state index is -0.283. The predicted octanol–water partition coefficient (Wildman–Crippen LogP) is 1.15. The molecular formula is C16H30N2O4. The number of esters is 1. The highest BCUT2D eigenvalue weighted by molar-refractivity contribution is 5.77. The van der Waals surface area contributed by atoms with E-state index >= 15 is 0 Å². The van der Waals surface area contributed by atoms with E-state index in [9.17, 15) is 9.59 Å². The molecule has 0 saturated carbocycles. The summed E-state index contributed by atoms with van der Waals surface area (Å²) in [5.41, 5.74) is 0. The molecule has 128 valence electrons. The van der Waals surface area contributed by atoms with Crippen molar-refractivity contribution < 1.29 is 19.1 Å². The number of carbonyl (C=O) groups excluding carboxylic acids is 2. The molecule has 0 aromatic rings. The fourth-order valence-electron chi connectivity index (χ4n) is 2.61. The molecule has 1 aliphatic heterocycles. The topological polar surface area (TPSA) is 59.1 Å². The summed E-state index contributed by atoms with van der Waals surface area (Å²) >= 11 is 0. The summed E-state index contributed by atoms with van der Waals surface area (Å²) in [4.78, 5) is 27.9. The van der Waals surface area contributed by atoms with Crippen LogP contribution < -0.4 is 0 Å². The van der Waals surface area contributed by atoms with Gasteiger partial charge >= 0.3 is 5.97 Å². The zero-order valence-electron chi connectivity index (χ0n) is 14.2. The Morgan fingerprint density at radius 2 is 2.00 bits per heavy atom. The standard InChI is InChI=1S/C16H30N2O4/c1-4-6-15(19)18(13-14(2)16(20)21-3)8-5-7-17-9-11-22-12-10-17/h14H,4-13H2,1-3H3. The monoisotopic (exact) mass is 314 g/mol. The van der Waals surface area contributed by atoms with Crippen molar-refractivity contribution in [2.45, 2.75) is 33.1 Å². The molecule has 22 heavy (non-hydrogen) atoms. The zero-order chi connectivity index (χ0) is 16.4. The summed E-state index contributed by atoms with van der Waals surface area (Å²) in [7, 11) is 1.38. The van der Waals surface area contributed by atoms with E-state index < -0.39 is 0 Å². The predicted molar refractivity (Wildman–Crippen MR) is 84.5 cm³/mol. The van der Waals surface area contributed by atoms with Crippen molar-refractivity contribution >= 4 is 11.9 Å². The summed E-state index contributed by atoms with van der Waals surface area (Å²) < 4.78 is 10.1. The van der Waals surface area contributed by atoms with Crippen molar-refractivity contribution in [3.05, 3.63) is 0 Å². The quantitative estimate of drug-likeness (QED) is 0.598. The molecule has 6 heteroatoms. The van der Waals surface area contributed by atoms with Gasteiger partial charge in [0.05, 0.1) is 26.2 Å². The molecule has 0 spiro atoms. The number of morpholine rings is 1. The maximum Gasteiger partial charge on any atom is 0.310 e. The third kappa shape index (κ3) is 6.75. The average Bonchev–Trinajstić information content (AvgIpc) is 2.54. The molecule has 1 saturated heterocycles. The second-order valence-corrected chi connectivity index (χ2v) is 5.82. The first-order valence-electron chi connectivity index (χ1n) is 8.24. The first-order chi connectivity index (χ1) is 10.6. The van der Waals surface area contributed by atoms with Gasteiger partial charge in [0.25, 0.3) is 0 Å². The lowest BCUT2D eigenvalue weighted by Gasteiger charge is -2.29. The van der Waals surface area contributed by atoms with Crippen molar-refractivity contribution in [2.24, 2.45) is 5.92 Å². The molecule has 1 heterocycles. The normalized spacial score (nSPS) is 17.0. The van der Waals surface area contributed by atoms with Crippen LogP contribution in [0.15, 0.2) is 0 Å². The van der Waals surface area contributed by atoms with Crippen LogP contribution in [0.5, 0.6) is 0 Å². The van der Waals surface area contributed by atoms with Gasteiger partial charge in [0, 0.05) is 39.1 Å². The fourth-order valence-corrected chi connectivity index (χ4v) is 2.61. The van der Waals surface area contributed by atoms with E-state index in [4.69, 9.17) is 9.47 Å². The summed E-state index contributed by atoms with van der Waals surface area (Å²) in [5, 5.41) is 0. The van der Waals surface area contributed by atoms with Gasteiger partial charge in [-0.15, -0.1) is 0 Å². The molecule has 1 aliphatic rings. The van der Waals surface area contributed by atoms with Gasteiger partial charge in [-0.05, 0) is 12.8 Å². The number of ether oxygens (including phenoxy) is 2. The van der Waals surface area contributed by atoms with E-state index in [0.29, 0.717) is 19.5 Å². The zero-order valence-corrected chi connectivity index (χ0v) is 14.2. The Kier molecular flexibility index (Phi) is 9.08. The van der Waals surface area contributed by atoms with Crippen LogP contribution in [0.1, 0.15) is 33.1 Å². The minimum absolute atomic E-state index is 0.125. The Morgan fingerprint density at radius 1 is 1.32 bits per heavy atom. The summed E-state index contributed by atoms with van der Waals surface area (Å²) in [6.07, 6.45) is 2.28. The van der Waals surface area contributed by atoms with Crippen molar-refractivity contribution in [3.63, 3.8) is 0 Å². The van der Waals surface area contributed by atoms with E-state index in [1.807, 2.05) is 11.8 Å². The molecule has 0 N–H and O–H groups in total. The largest absolute Gasteiger partial charge is 0.469 e. The van der Waals surface area contributed by atoms with Gasteiger partial charge in [-0.3, -0.25) is 14.5 Å². The second-order valence-electron chi connectivity index (χ2n) is 5.82. The highest BCUT2D eigenvalue weighted by Crippen LogP contribution is 2.08. The molecule has 0 aliphatic carbocycles. The van der Waals surface area contributed by atoms with Gasteiger partial charge in [0.15, 0.2) is 0 Å². The second kappa shape index (κ2) is 10.6. The van der Waals surface area contributed by atoms with Gasteiger partial charge < -0.3 is 14.4 Å². The summed E-state index contributed by atoms with van der Waals surface area (Å²) in [6.45, 7) is 9.39. The SMILES string of the molecule is CCCC(=O)N(CCCN1CCOCC1)CC(C)C(=O)OC. The molecule has 1 rings (SSSR count). The van der Waals surface area contributed by atoms with E-state index in [2.05, 4.69) is 4.90 Å². The Labute approximate surface area is 133 Å². The molecule has 6 nitrogen and oxygen atoms in total. The number of amides is 1. The summed E-state index contributed by atoms with van der Waals surface area (Å²) in [5.74, 6) is -0.420. The van der Waals surface area contributed by atoms with Gasteiger partial charge in [-0.1, -0.05) is 13.8 Å². The Morgan fingerprint density at radius 3 is 2.59 bits per heavy atom. The van der Waals surface area contributed by atoms with Crippen LogP contribution in [0.3, 0.4) is 0 Å². The average molecular weight is 314 g/mol. The molecular weight excluding hydrogens is 284 g/mol. The van der Waals surface area contributed by atoms with Crippen LogP contribution in [-0.4, -0.2) is 74.7 Å². The first kappa shape index (κ1) is 18.9. The van der Waals surface area contributed by atoms with E-state index in [1.165, 1.54) is 7.11 Å². The molecule has 0 aromatic heterocycles. The molecule has 0 aromatic carbocycles. The van der Waals surface area contributed by atoms with E-state index in [-0.39, 0.29) is 17.8 Å². The van der Waals surface area contributed by atoms with Gasteiger partial charge in [0.2, 0.25) is 5.91 Å². The minimum Gasteiger partial charge on any atom is -0.469 e. The molecule has 1 unspecified atom stereocenters. The van der Waals surface area contributed by atoms with Crippen molar-refractivity contribution in [1.29, 1.82) is 0 Å². The smallest absolute Gasteiger partial charge is 0.310 e. The number of rotatable bonds is 9. The van der Waals surface area contributed by atoms with Gasteiger partial charge in [-0.2, -0.15) is 0 Å². The van der Waals surface area contributed by atoms with E-state index in [1.54, 1.807) is 6.92 Å². The van der Waals surface area contributed by atoms with Gasteiger partial charge in [0.1, 0.15) is 0 Å². The molecule has 1 amide bonds. The molecule has 1 atom stereocenters. The lowest BCUT2D eigenvalue weighted by atomic mass is 10.1. The Balaban J connectivity index is 2.43. The Hall–Kier alpha value is -1.14. The molecule has 0 radical (unpaired) electrons. The van der Waals surface area contributed by atoms with Crippen LogP contribution in [0.25, 0.3) is 0 Å². The van der Waals surface area contributed by atoms with Crippen LogP contribution in [0, 0.1) is 5.92 Å². The van der Waals surface area contributed by atoms with Gasteiger partial charge in [-0.25, -0.2) is 0 Å². The van der Waals surface area contributed by atoms with Crippen LogP contribution >= 0.6 is 0 Å². The third-order valence-electron chi connectivity index (χ3n) is 3.92. The number of methoxy groups -OCH3 is 1. The number of nitrogens with zero attached hydrogens (tertiary/aromatic N) is 2. The first-order valence-corrected chi connectivity index (χ1v) is 8.24. The highest BCUT2D eigenvalue weighted by Gasteiger charge is 2.21. The van der Waals surface area contributed by atoms with Crippen LogP contribution in [0.4, 0.5) is 0 Å². The van der Waals surface area contributed by atoms with E-state index in [0.717, 1.165) is 45.7 Å². The van der Waals surface area contributed by atoms with Crippen molar-refractivity contribution in [3.8, 4) is 0 Å². The lowest BCUT2D eigenvalue weighted by Crippen LogP contribution is -2.41. The van der Waals surface area contributed by atoms with Crippen LogP contribution in [0.2, 0.25) is 0 Å².